The molecule has 0 N–H and O–H groups in total. The Hall–Kier alpha value is -0.820. The van der Waals surface area contributed by atoms with Crippen molar-refractivity contribution in [2.24, 2.45) is 5.92 Å². The molecule has 2 aliphatic rings. The maximum atomic E-state index is 12.4. The number of benzene rings is 1. The zero-order chi connectivity index (χ0) is 16.5. The summed E-state index contributed by atoms with van der Waals surface area (Å²) < 4.78 is 35.1. The molecular weight excluding hydrogens is 338 g/mol. The number of halogens is 1. The first-order valence-corrected chi connectivity index (χ1v) is 9.82. The minimum atomic E-state index is -3.01. The van der Waals surface area contributed by atoms with Gasteiger partial charge >= 0.3 is 0 Å². The topological polar surface area (TPSA) is 55.8 Å². The number of ether oxygens (including phenoxy) is 2. The highest BCUT2D eigenvalue weighted by Crippen LogP contribution is 2.44. The Balaban J connectivity index is 1.51. The lowest BCUT2D eigenvalue weighted by Gasteiger charge is -2.49. The zero-order valence-electron chi connectivity index (χ0n) is 13.2. The van der Waals surface area contributed by atoms with Gasteiger partial charge in [-0.25, -0.2) is 8.42 Å². The first-order chi connectivity index (χ1) is 11.0. The highest BCUT2D eigenvalue weighted by Gasteiger charge is 2.61. The number of likely N-dealkylation sites (tertiary alicyclic amines) is 1. The van der Waals surface area contributed by atoms with Crippen LogP contribution in [0.25, 0.3) is 0 Å². The van der Waals surface area contributed by atoms with Crippen LogP contribution in [-0.4, -0.2) is 63.8 Å². The van der Waals surface area contributed by atoms with Gasteiger partial charge in [-0.2, -0.15) is 0 Å². The molecule has 23 heavy (non-hydrogen) atoms. The van der Waals surface area contributed by atoms with E-state index in [1.807, 2.05) is 12.1 Å². The van der Waals surface area contributed by atoms with Crippen molar-refractivity contribution in [3.05, 3.63) is 29.3 Å². The highest BCUT2D eigenvalue weighted by atomic mass is 35.5. The summed E-state index contributed by atoms with van der Waals surface area (Å²) in [5, 5.41) is 0.678. The van der Waals surface area contributed by atoms with Gasteiger partial charge in [-0.1, -0.05) is 11.6 Å². The van der Waals surface area contributed by atoms with Gasteiger partial charge in [-0.15, -0.1) is 0 Å². The van der Waals surface area contributed by atoms with Crippen LogP contribution in [0, 0.1) is 5.92 Å². The van der Waals surface area contributed by atoms with Crippen molar-refractivity contribution < 1.29 is 17.9 Å². The van der Waals surface area contributed by atoms with E-state index in [1.165, 1.54) is 0 Å². The fourth-order valence-corrected chi connectivity index (χ4v) is 6.18. The number of sulfone groups is 1. The van der Waals surface area contributed by atoms with Gasteiger partial charge in [0, 0.05) is 37.7 Å². The van der Waals surface area contributed by atoms with E-state index >= 15 is 0 Å². The number of nitrogens with zero attached hydrogens (tertiary/aromatic N) is 1. The van der Waals surface area contributed by atoms with Gasteiger partial charge < -0.3 is 9.47 Å². The van der Waals surface area contributed by atoms with E-state index in [4.69, 9.17) is 21.1 Å². The number of hydrogen-bond donors (Lipinski definition) is 0. The van der Waals surface area contributed by atoms with Crippen molar-refractivity contribution in [3.63, 3.8) is 0 Å². The van der Waals surface area contributed by atoms with E-state index in [0.29, 0.717) is 37.7 Å². The first-order valence-electron chi connectivity index (χ1n) is 7.79. The van der Waals surface area contributed by atoms with Gasteiger partial charge in [0.05, 0.1) is 12.4 Å². The van der Waals surface area contributed by atoms with Crippen LogP contribution < -0.4 is 4.74 Å². The summed E-state index contributed by atoms with van der Waals surface area (Å²) in [5.41, 5.74) is 0. The SMILES string of the molecule is COCC1CCS(=O)(=O)C12CN(CCOc1ccc(Cl)cc1)C2. The Bertz CT molecular complexity index is 641. The van der Waals surface area contributed by atoms with E-state index in [2.05, 4.69) is 4.90 Å². The molecule has 1 atom stereocenters. The lowest BCUT2D eigenvalue weighted by Crippen LogP contribution is -2.67. The van der Waals surface area contributed by atoms with Crippen molar-refractivity contribution in [3.8, 4) is 5.75 Å². The summed E-state index contributed by atoms with van der Waals surface area (Å²) >= 11 is 5.83. The molecule has 2 fully saturated rings. The summed E-state index contributed by atoms with van der Waals surface area (Å²) in [4.78, 5) is 2.14. The number of methoxy groups -OCH3 is 1. The lowest BCUT2D eigenvalue weighted by atomic mass is 9.84. The molecule has 1 aromatic carbocycles. The molecule has 7 heteroatoms. The fraction of sp³-hybridized carbons (Fsp3) is 0.625. The maximum absolute atomic E-state index is 12.4. The Labute approximate surface area is 142 Å². The van der Waals surface area contributed by atoms with Gasteiger partial charge in [0.15, 0.2) is 9.84 Å². The van der Waals surface area contributed by atoms with Crippen molar-refractivity contribution >= 4 is 21.4 Å². The molecule has 3 rings (SSSR count). The molecule has 5 nitrogen and oxygen atoms in total. The Morgan fingerprint density at radius 3 is 2.65 bits per heavy atom. The standard InChI is InChI=1S/C16H22ClNO4S/c1-21-10-13-6-9-23(19,20)16(13)11-18(12-16)7-8-22-15-4-2-14(17)3-5-15/h2-5,13H,6-12H2,1H3. The van der Waals surface area contributed by atoms with Gasteiger partial charge in [0.25, 0.3) is 0 Å². The molecule has 0 aromatic heterocycles. The molecule has 2 saturated heterocycles. The fourth-order valence-electron chi connectivity index (χ4n) is 3.60. The average molecular weight is 360 g/mol. The maximum Gasteiger partial charge on any atom is 0.158 e. The molecule has 1 spiro atoms. The van der Waals surface area contributed by atoms with Crippen LogP contribution in [0.2, 0.25) is 5.02 Å². The van der Waals surface area contributed by atoms with Crippen LogP contribution in [-0.2, 0) is 14.6 Å². The summed E-state index contributed by atoms with van der Waals surface area (Å²) in [6.45, 7) is 2.96. The van der Waals surface area contributed by atoms with E-state index in [1.54, 1.807) is 19.2 Å². The van der Waals surface area contributed by atoms with Crippen LogP contribution in [0.5, 0.6) is 5.75 Å². The van der Waals surface area contributed by atoms with Gasteiger partial charge in [-0.3, -0.25) is 4.90 Å². The monoisotopic (exact) mass is 359 g/mol. The average Bonchev–Trinajstić information content (AvgIpc) is 2.73. The lowest BCUT2D eigenvalue weighted by molar-refractivity contribution is 0.0383. The summed E-state index contributed by atoms with van der Waals surface area (Å²) in [6.07, 6.45) is 0.714. The number of rotatable bonds is 6. The summed E-state index contributed by atoms with van der Waals surface area (Å²) in [7, 11) is -1.38. The minimum Gasteiger partial charge on any atom is -0.492 e. The molecule has 0 bridgehead atoms. The molecular formula is C16H22ClNO4S. The first kappa shape index (κ1) is 17.0. The summed E-state index contributed by atoms with van der Waals surface area (Å²) in [6, 6.07) is 7.23. The number of hydrogen-bond acceptors (Lipinski definition) is 5. The van der Waals surface area contributed by atoms with Crippen molar-refractivity contribution in [1.29, 1.82) is 0 Å². The van der Waals surface area contributed by atoms with Crippen molar-refractivity contribution in [1.82, 2.24) is 4.90 Å². The Kier molecular flexibility index (Phi) is 4.88. The van der Waals surface area contributed by atoms with E-state index in [-0.39, 0.29) is 11.7 Å². The van der Waals surface area contributed by atoms with Crippen molar-refractivity contribution in [2.45, 2.75) is 11.2 Å². The minimum absolute atomic E-state index is 0.117. The van der Waals surface area contributed by atoms with Gasteiger partial charge in [0.1, 0.15) is 17.1 Å². The second kappa shape index (κ2) is 6.59. The quantitative estimate of drug-likeness (QED) is 0.776. The second-order valence-electron chi connectivity index (χ2n) is 6.34. The largest absolute Gasteiger partial charge is 0.492 e. The second-order valence-corrected chi connectivity index (χ2v) is 9.22. The van der Waals surface area contributed by atoms with Crippen LogP contribution >= 0.6 is 11.6 Å². The normalized spacial score (nSPS) is 25.4. The molecule has 128 valence electrons. The van der Waals surface area contributed by atoms with Crippen LogP contribution in [0.4, 0.5) is 0 Å². The predicted octanol–water partition coefficient (Wildman–Crippen LogP) is 1.85. The molecule has 0 saturated carbocycles. The van der Waals surface area contributed by atoms with Gasteiger partial charge in [-0.05, 0) is 30.7 Å². The third-order valence-corrected chi connectivity index (χ3v) is 7.79. The van der Waals surface area contributed by atoms with Crippen LogP contribution in [0.3, 0.4) is 0 Å². The van der Waals surface area contributed by atoms with E-state index < -0.39 is 14.6 Å². The third-order valence-electron chi connectivity index (χ3n) is 4.94. The van der Waals surface area contributed by atoms with E-state index in [9.17, 15) is 8.42 Å². The zero-order valence-corrected chi connectivity index (χ0v) is 14.8. The third kappa shape index (κ3) is 3.22. The van der Waals surface area contributed by atoms with Crippen molar-refractivity contribution in [2.75, 3.05) is 45.7 Å². The highest BCUT2D eigenvalue weighted by molar-refractivity contribution is 7.93. The molecule has 1 unspecified atom stereocenters. The van der Waals surface area contributed by atoms with Crippen LogP contribution in [0.1, 0.15) is 6.42 Å². The smallest absolute Gasteiger partial charge is 0.158 e. The Morgan fingerprint density at radius 2 is 2.00 bits per heavy atom. The molecule has 1 aromatic rings. The molecule has 2 heterocycles. The molecule has 0 aliphatic carbocycles. The van der Waals surface area contributed by atoms with Gasteiger partial charge in [0.2, 0.25) is 0 Å². The molecule has 0 radical (unpaired) electrons. The summed E-state index contributed by atoms with van der Waals surface area (Å²) in [5.74, 6) is 1.18. The molecule has 0 amide bonds. The Morgan fingerprint density at radius 1 is 1.30 bits per heavy atom. The predicted molar refractivity (Wildman–Crippen MR) is 89.9 cm³/mol. The molecule has 2 aliphatic heterocycles. The van der Waals surface area contributed by atoms with Crippen LogP contribution in [0.15, 0.2) is 24.3 Å². The van der Waals surface area contributed by atoms with E-state index in [0.717, 1.165) is 12.3 Å².